The molecule has 2 aliphatic rings. The lowest BCUT2D eigenvalue weighted by atomic mass is 9.92. The molecule has 1 amide bonds. The molecule has 0 radical (unpaired) electrons. The summed E-state index contributed by atoms with van der Waals surface area (Å²) in [6.07, 6.45) is 2.38. The normalized spacial score (nSPS) is 26.5. The number of amides is 1. The van der Waals surface area contributed by atoms with Crippen molar-refractivity contribution in [1.29, 1.82) is 0 Å². The molecule has 2 unspecified atom stereocenters. The van der Waals surface area contributed by atoms with Crippen LogP contribution in [-0.2, 0) is 11.3 Å². The van der Waals surface area contributed by atoms with E-state index in [0.29, 0.717) is 18.5 Å². The van der Waals surface area contributed by atoms with E-state index in [1.165, 1.54) is 6.42 Å². The smallest absolute Gasteiger partial charge is 0.244 e. The molecule has 5 nitrogen and oxygen atoms in total. The predicted octanol–water partition coefficient (Wildman–Crippen LogP) is 0.710. The van der Waals surface area contributed by atoms with Crippen LogP contribution < -0.4 is 5.32 Å². The molecule has 2 aliphatic heterocycles. The lowest BCUT2D eigenvalue weighted by molar-refractivity contribution is -0.136. The summed E-state index contributed by atoms with van der Waals surface area (Å²) in [6, 6.07) is 2.42. The van der Waals surface area contributed by atoms with Crippen molar-refractivity contribution in [2.45, 2.75) is 39.3 Å². The molecule has 1 aromatic heterocycles. The Kier molecular flexibility index (Phi) is 3.31. The Labute approximate surface area is 114 Å². The summed E-state index contributed by atoms with van der Waals surface area (Å²) in [5.41, 5.74) is 2.04. The highest BCUT2D eigenvalue weighted by Gasteiger charge is 2.37. The topological polar surface area (TPSA) is 50.2 Å². The summed E-state index contributed by atoms with van der Waals surface area (Å²) in [4.78, 5) is 14.6. The number of piperidine rings is 1. The van der Waals surface area contributed by atoms with E-state index in [4.69, 9.17) is 0 Å². The third-order valence-corrected chi connectivity index (χ3v) is 4.39. The van der Waals surface area contributed by atoms with Crippen LogP contribution >= 0.6 is 0 Å². The van der Waals surface area contributed by atoms with E-state index >= 15 is 0 Å². The summed E-state index contributed by atoms with van der Waals surface area (Å²) < 4.78 is 1.82. The van der Waals surface area contributed by atoms with Gasteiger partial charge in [0.25, 0.3) is 0 Å². The van der Waals surface area contributed by atoms with Crippen LogP contribution in [0.4, 0.5) is 0 Å². The number of carbonyl (C=O) groups is 1. The number of aryl methyl sites for hydroxylation is 2. The van der Waals surface area contributed by atoms with Crippen LogP contribution in [0, 0.1) is 19.8 Å². The van der Waals surface area contributed by atoms with Crippen molar-refractivity contribution in [2.24, 2.45) is 5.92 Å². The van der Waals surface area contributed by atoms with Crippen molar-refractivity contribution in [3.05, 3.63) is 17.5 Å². The number of fused-ring (bicyclic) bond motifs is 1. The molecule has 0 aromatic carbocycles. The van der Waals surface area contributed by atoms with Crippen LogP contribution in [-0.4, -0.2) is 46.3 Å². The van der Waals surface area contributed by atoms with Gasteiger partial charge in [-0.15, -0.1) is 0 Å². The Morgan fingerprint density at radius 2 is 2.32 bits per heavy atom. The van der Waals surface area contributed by atoms with Gasteiger partial charge in [0, 0.05) is 31.4 Å². The van der Waals surface area contributed by atoms with E-state index in [0.717, 1.165) is 37.4 Å². The second-order valence-electron chi connectivity index (χ2n) is 5.80. The number of nitrogens with one attached hydrogen (secondary N) is 1. The molecule has 104 valence electrons. The summed E-state index contributed by atoms with van der Waals surface area (Å²) in [7, 11) is 0. The number of nitrogens with zero attached hydrogens (tertiary/aromatic N) is 3. The molecule has 2 atom stereocenters. The lowest BCUT2D eigenvalue weighted by Crippen LogP contribution is -2.49. The number of hydrogen-bond donors (Lipinski definition) is 1. The minimum atomic E-state index is 0.213. The van der Waals surface area contributed by atoms with Gasteiger partial charge in [-0.1, -0.05) is 0 Å². The van der Waals surface area contributed by atoms with E-state index in [1.807, 2.05) is 24.6 Å². The fourth-order valence-corrected chi connectivity index (χ4v) is 3.43. The van der Waals surface area contributed by atoms with Gasteiger partial charge in [0.1, 0.15) is 6.54 Å². The molecule has 0 aliphatic carbocycles. The zero-order chi connectivity index (χ0) is 13.4. The Bertz CT molecular complexity index is 482. The Balaban J connectivity index is 1.71. The van der Waals surface area contributed by atoms with E-state index in [1.54, 1.807) is 0 Å². The highest BCUT2D eigenvalue weighted by Crippen LogP contribution is 2.26. The average Bonchev–Trinajstić information content (AvgIpc) is 2.95. The second-order valence-corrected chi connectivity index (χ2v) is 5.80. The van der Waals surface area contributed by atoms with Crippen LogP contribution in [0.5, 0.6) is 0 Å². The van der Waals surface area contributed by atoms with Crippen molar-refractivity contribution in [1.82, 2.24) is 20.0 Å². The first-order valence-corrected chi connectivity index (χ1v) is 7.16. The average molecular weight is 262 g/mol. The molecule has 3 heterocycles. The Hall–Kier alpha value is -1.36. The van der Waals surface area contributed by atoms with E-state index in [2.05, 4.69) is 15.3 Å². The summed E-state index contributed by atoms with van der Waals surface area (Å²) in [5.74, 6) is 0.864. The van der Waals surface area contributed by atoms with Gasteiger partial charge >= 0.3 is 0 Å². The molecular weight excluding hydrogens is 240 g/mol. The molecule has 2 fully saturated rings. The van der Waals surface area contributed by atoms with Gasteiger partial charge in [0.05, 0.1) is 5.69 Å². The third kappa shape index (κ3) is 2.39. The molecule has 0 spiro atoms. The molecule has 5 heteroatoms. The predicted molar refractivity (Wildman–Crippen MR) is 72.8 cm³/mol. The van der Waals surface area contributed by atoms with Gasteiger partial charge in [-0.3, -0.25) is 9.48 Å². The zero-order valence-electron chi connectivity index (χ0n) is 11.7. The van der Waals surface area contributed by atoms with Gasteiger partial charge in [0.15, 0.2) is 0 Å². The maximum Gasteiger partial charge on any atom is 0.244 e. The molecule has 2 saturated heterocycles. The SMILES string of the molecule is Cc1cc(C)n(CC(=O)N2CCCC3CNCC32)n1. The highest BCUT2D eigenvalue weighted by molar-refractivity contribution is 5.76. The number of rotatable bonds is 2. The minimum absolute atomic E-state index is 0.213. The molecular formula is C14H22N4O. The van der Waals surface area contributed by atoms with Gasteiger partial charge in [0.2, 0.25) is 5.91 Å². The first kappa shape index (κ1) is 12.7. The first-order chi connectivity index (χ1) is 9.15. The summed E-state index contributed by atoms with van der Waals surface area (Å²) in [5, 5.41) is 7.80. The molecule has 0 saturated carbocycles. The molecule has 19 heavy (non-hydrogen) atoms. The number of aromatic nitrogens is 2. The van der Waals surface area contributed by atoms with Crippen LogP contribution in [0.2, 0.25) is 0 Å². The molecule has 1 N–H and O–H groups in total. The zero-order valence-corrected chi connectivity index (χ0v) is 11.7. The number of carbonyl (C=O) groups excluding carboxylic acids is 1. The molecule has 3 rings (SSSR count). The van der Waals surface area contributed by atoms with Crippen molar-refractivity contribution in [3.63, 3.8) is 0 Å². The van der Waals surface area contributed by atoms with Gasteiger partial charge in [-0.25, -0.2) is 0 Å². The van der Waals surface area contributed by atoms with E-state index in [9.17, 15) is 4.79 Å². The lowest BCUT2D eigenvalue weighted by Gasteiger charge is -2.37. The Morgan fingerprint density at radius 3 is 3.05 bits per heavy atom. The maximum atomic E-state index is 12.5. The van der Waals surface area contributed by atoms with Crippen molar-refractivity contribution >= 4 is 5.91 Å². The monoisotopic (exact) mass is 262 g/mol. The van der Waals surface area contributed by atoms with Gasteiger partial charge in [-0.2, -0.15) is 5.10 Å². The fourth-order valence-electron chi connectivity index (χ4n) is 3.43. The third-order valence-electron chi connectivity index (χ3n) is 4.39. The van der Waals surface area contributed by atoms with Crippen LogP contribution in [0.15, 0.2) is 6.07 Å². The largest absolute Gasteiger partial charge is 0.337 e. The Morgan fingerprint density at radius 1 is 1.47 bits per heavy atom. The van der Waals surface area contributed by atoms with Gasteiger partial charge in [-0.05, 0) is 38.7 Å². The standard InChI is InChI=1S/C14H22N4O/c1-10-6-11(2)18(16-10)9-14(19)17-5-3-4-12-7-15-8-13(12)17/h6,12-13,15H,3-5,7-9H2,1-2H3. The van der Waals surface area contributed by atoms with Crippen molar-refractivity contribution < 1.29 is 4.79 Å². The maximum absolute atomic E-state index is 12.5. The van der Waals surface area contributed by atoms with Crippen LogP contribution in [0.3, 0.4) is 0 Å². The van der Waals surface area contributed by atoms with Gasteiger partial charge < -0.3 is 10.2 Å². The molecule has 0 bridgehead atoms. The van der Waals surface area contributed by atoms with Crippen molar-refractivity contribution in [2.75, 3.05) is 19.6 Å². The van der Waals surface area contributed by atoms with E-state index in [-0.39, 0.29) is 5.91 Å². The van der Waals surface area contributed by atoms with Crippen LogP contribution in [0.1, 0.15) is 24.2 Å². The van der Waals surface area contributed by atoms with Crippen molar-refractivity contribution in [3.8, 4) is 0 Å². The first-order valence-electron chi connectivity index (χ1n) is 7.16. The van der Waals surface area contributed by atoms with Crippen LogP contribution in [0.25, 0.3) is 0 Å². The fraction of sp³-hybridized carbons (Fsp3) is 0.714. The quantitative estimate of drug-likeness (QED) is 0.854. The number of likely N-dealkylation sites (tertiary alicyclic amines) is 1. The summed E-state index contributed by atoms with van der Waals surface area (Å²) >= 11 is 0. The van der Waals surface area contributed by atoms with E-state index < -0.39 is 0 Å². The molecule has 1 aromatic rings. The highest BCUT2D eigenvalue weighted by atomic mass is 16.2. The number of hydrogen-bond acceptors (Lipinski definition) is 3. The second kappa shape index (κ2) is 4.96. The minimum Gasteiger partial charge on any atom is -0.337 e. The summed E-state index contributed by atoms with van der Waals surface area (Å²) in [6.45, 7) is 7.26.